The monoisotopic (exact) mass is 1940 g/mol. The first-order valence-corrected chi connectivity index (χ1v) is 52.6. The number of aliphatic hydroxyl groups is 1. The molecule has 13 rings (SSSR count). The largest absolute Gasteiger partial charge is 0.508 e. The van der Waals surface area contributed by atoms with Crippen LogP contribution in [0.4, 0.5) is 4.79 Å². The fourth-order valence-electron chi connectivity index (χ4n) is 22.9. The van der Waals surface area contributed by atoms with Crippen molar-refractivity contribution in [3.63, 3.8) is 0 Å². The van der Waals surface area contributed by atoms with Crippen molar-refractivity contribution in [2.75, 3.05) is 44.7 Å². The van der Waals surface area contributed by atoms with Crippen LogP contribution in [-0.2, 0) is 79.8 Å². The number of alkyl carbamates (subject to hydrolysis) is 1. The molecule has 0 aromatic heterocycles. The number of allylic oxidation sites excluding steroid dienone is 4. The van der Waals surface area contributed by atoms with E-state index in [0.717, 1.165) is 51.1 Å². The van der Waals surface area contributed by atoms with Crippen molar-refractivity contribution in [2.24, 2.45) is 58.2 Å². The molecule has 21 unspecified atom stereocenters. The SMILES string of the molecule is CC(C)CCCC(C)C1CCC2C3CC=C4CC(OC(=O)CNC(=O)C(NC(=O)C5CSSCC(NC(=O)C(Cc6ccc7ccccc7c6)NC(=O)C6CCCN6C(=O)C6CCCN6C(=O)C6=CN(C)C=CC6)C(=O)NC(Cc6ccc(O)cc6)C(=O)NC(CC6=CNC7C=CC=CC67)C(=O)NC(CCCCNC(=O)OC(C)(C)C)C(=O)NC(C(C)C)C(=O)N5)C(C)O)CCC4(C)C3CCC12C. The Morgan fingerprint density at radius 2 is 1.37 bits per heavy atom. The number of unbranched alkanes of at least 4 members (excludes halogenated alkanes) is 1. The summed E-state index contributed by atoms with van der Waals surface area (Å²) in [7, 11) is 3.69. The molecule has 3 saturated carbocycles. The summed E-state index contributed by atoms with van der Waals surface area (Å²) in [5, 5.41) is 55.2. The smallest absolute Gasteiger partial charge is 0.407 e. The van der Waals surface area contributed by atoms with Gasteiger partial charge in [0.15, 0.2) is 0 Å². The number of likely N-dealkylation sites (tertiary alicyclic amines) is 2. The summed E-state index contributed by atoms with van der Waals surface area (Å²) in [6.45, 7) is 21.8. The lowest BCUT2D eigenvalue weighted by Gasteiger charge is -2.58. The van der Waals surface area contributed by atoms with Gasteiger partial charge in [-0.25, -0.2) is 4.79 Å². The van der Waals surface area contributed by atoms with E-state index in [1.807, 2.05) is 80.0 Å². The fourth-order valence-corrected chi connectivity index (χ4v) is 25.2. The van der Waals surface area contributed by atoms with Crippen LogP contribution in [0.1, 0.15) is 216 Å². The first-order valence-electron chi connectivity index (χ1n) is 50.1. The van der Waals surface area contributed by atoms with E-state index in [1.54, 1.807) is 62.9 Å². The quantitative estimate of drug-likeness (QED) is 0.0128. The molecule has 5 heterocycles. The summed E-state index contributed by atoms with van der Waals surface area (Å²) >= 11 is 0. The third-order valence-corrected chi connectivity index (χ3v) is 32.7. The Kier molecular flexibility index (Phi) is 35.7. The number of nitrogens with one attached hydrogen (secondary N) is 11. The number of esters is 1. The van der Waals surface area contributed by atoms with E-state index < -0.39 is 162 Å². The number of fused-ring (bicyclic) bond motifs is 7. The highest BCUT2D eigenvalue weighted by atomic mass is 33.1. The molecular weight excluding hydrogens is 1790 g/mol. The Bertz CT molecular complexity index is 5130. The zero-order valence-electron chi connectivity index (χ0n) is 82.1. The molecule has 21 atom stereocenters. The van der Waals surface area contributed by atoms with Gasteiger partial charge in [-0.3, -0.25) is 57.5 Å². The number of carbonyl (C=O) groups is 13. The summed E-state index contributed by atoms with van der Waals surface area (Å²) in [4.78, 5) is 200. The van der Waals surface area contributed by atoms with Gasteiger partial charge >= 0.3 is 12.1 Å². The van der Waals surface area contributed by atoms with Gasteiger partial charge in [0.05, 0.1) is 12.1 Å². The second-order valence-electron chi connectivity index (χ2n) is 42.1. The van der Waals surface area contributed by atoms with Crippen LogP contribution in [0.2, 0.25) is 0 Å². The highest BCUT2D eigenvalue weighted by Gasteiger charge is 2.60. The number of aromatic hydroxyl groups is 1. The van der Waals surface area contributed by atoms with Crippen molar-refractivity contribution in [3.8, 4) is 5.75 Å². The van der Waals surface area contributed by atoms with Gasteiger partial charge in [-0.2, -0.15) is 0 Å². The number of ether oxygens (including phenoxy) is 2. The van der Waals surface area contributed by atoms with Gasteiger partial charge in [0.2, 0.25) is 59.1 Å². The standard InChI is InChI=1S/C105H146N14O17S2/c1-61(2)23-19-24-63(5)76-41-42-77-75-40-37-71-55-73(43-45-104(71,10)78(75)44-46-105(76,77)11)135-88(122)57-108-98(130)90(64(6)120)116-96(128)85-60-138-137-59-84(113-93(125)82(53-66-33-36-67-25-13-14-26-68(67)51-66)112-97(129)86-31-21-49-118(86)101(133)87-32-22-50-119(87)100(132)69-27-20-48-117(12)58-69)95(127)110-81(52-65-34-38-72(121)39-35-65)92(124)111-83(54-70-56-107-79-29-16-15-28-74(70)79)94(126)109-80(91(123)115-89(62(3)4)99(131)114-85)30-17-18-47-106-102(134)136-103(7,8)9/h13-16,20,25-26,28-29,33-39,48,51,56,58,61-64,73-87,89-90,107,120-121H,17-19,21-24,27,30-32,40-47,49-50,52-55,57,59-60H2,1-12H3,(H,106,134)(H,108,130)(H,109,126)(H,110,127)(H,111,124)(H,112,129)(H,113,125)(H,114,131)(H,115,123)(H,116,128). The minimum Gasteiger partial charge on any atom is -0.508 e. The maximum absolute atomic E-state index is 15.9. The van der Waals surface area contributed by atoms with Gasteiger partial charge < -0.3 is 92.9 Å². The van der Waals surface area contributed by atoms with Crippen LogP contribution < -0.4 is 58.5 Å². The van der Waals surface area contributed by atoms with Crippen LogP contribution in [0.5, 0.6) is 5.75 Å². The molecule has 31 nitrogen and oxygen atoms in total. The molecule has 33 heteroatoms. The van der Waals surface area contributed by atoms with Crippen LogP contribution in [0.15, 0.2) is 139 Å². The summed E-state index contributed by atoms with van der Waals surface area (Å²) in [5.74, 6) is -7.41. The number of aliphatic hydroxyl groups excluding tert-OH is 1. The molecular formula is C105H146N14O17S2. The fraction of sp³-hybridized carbons (Fsp3) is 0.610. The second-order valence-corrected chi connectivity index (χ2v) is 44.7. The highest BCUT2D eigenvalue weighted by molar-refractivity contribution is 8.76. The minimum absolute atomic E-state index is 0.0320. The molecule has 3 aromatic carbocycles. The van der Waals surface area contributed by atoms with Crippen molar-refractivity contribution >= 4 is 109 Å². The molecule has 0 bridgehead atoms. The third-order valence-electron chi connectivity index (χ3n) is 30.3. The van der Waals surface area contributed by atoms with Crippen LogP contribution in [0.3, 0.4) is 0 Å². The number of phenols is 1. The normalized spacial score (nSPS) is 28.9. The average molecular weight is 1940 g/mol. The maximum Gasteiger partial charge on any atom is 0.407 e. The number of nitrogens with zero attached hydrogens (tertiary/aromatic N) is 3. The first kappa shape index (κ1) is 105. The van der Waals surface area contributed by atoms with Crippen molar-refractivity contribution in [2.45, 2.75) is 302 Å². The lowest BCUT2D eigenvalue weighted by Crippen LogP contribution is -2.62. The van der Waals surface area contributed by atoms with Gasteiger partial charge in [0.1, 0.15) is 84.4 Å². The molecule has 10 aliphatic rings. The molecule has 0 spiro atoms. The molecule has 5 aliphatic carbocycles. The number of hydrogen-bond acceptors (Lipinski definition) is 21. The zero-order valence-corrected chi connectivity index (χ0v) is 83.8. The van der Waals surface area contributed by atoms with Crippen LogP contribution in [-0.4, -0.2) is 231 Å². The number of rotatable bonds is 30. The number of carbonyl (C=O) groups excluding carboxylic acids is 13. The molecule has 13 N–H and O–H groups in total. The average Bonchev–Trinajstić information content (AvgIpc) is 1.60. The molecule has 0 radical (unpaired) electrons. The molecule has 6 fully saturated rings. The van der Waals surface area contributed by atoms with E-state index >= 15 is 38.4 Å². The van der Waals surface area contributed by atoms with Gasteiger partial charge in [0.25, 0.3) is 5.91 Å². The maximum atomic E-state index is 15.9. The molecule has 750 valence electrons. The lowest BCUT2D eigenvalue weighted by atomic mass is 9.47. The topological polar surface area (TPSA) is 423 Å². The Balaban J connectivity index is 0.781. The number of hydrogen-bond donors (Lipinski definition) is 13. The Morgan fingerprint density at radius 1 is 0.674 bits per heavy atom. The van der Waals surface area contributed by atoms with Crippen molar-refractivity contribution in [3.05, 3.63) is 150 Å². The van der Waals surface area contributed by atoms with Gasteiger partial charge in [-0.15, -0.1) is 0 Å². The van der Waals surface area contributed by atoms with E-state index in [-0.39, 0.29) is 98.6 Å². The van der Waals surface area contributed by atoms with Crippen molar-refractivity contribution in [1.29, 1.82) is 0 Å². The molecule has 3 aromatic rings. The Labute approximate surface area is 819 Å². The summed E-state index contributed by atoms with van der Waals surface area (Å²) in [6.07, 6.45) is 28.0. The highest BCUT2D eigenvalue weighted by Crippen LogP contribution is 2.67. The summed E-state index contributed by atoms with van der Waals surface area (Å²) in [6, 6.07) is 4.21. The second kappa shape index (κ2) is 47.1. The van der Waals surface area contributed by atoms with E-state index in [9.17, 15) is 34.2 Å². The van der Waals surface area contributed by atoms with Gasteiger partial charge in [-0.1, -0.05) is 186 Å². The molecule has 5 aliphatic heterocycles. The van der Waals surface area contributed by atoms with Crippen LogP contribution >= 0.6 is 21.6 Å². The molecule has 138 heavy (non-hydrogen) atoms. The van der Waals surface area contributed by atoms with Gasteiger partial charge in [-0.05, 0) is 235 Å². The van der Waals surface area contributed by atoms with E-state index in [1.165, 1.54) is 86.6 Å². The predicted molar refractivity (Wildman–Crippen MR) is 531 cm³/mol. The Hall–Kier alpha value is -10.7. The molecule has 12 amide bonds. The lowest BCUT2D eigenvalue weighted by molar-refractivity contribution is -0.151. The van der Waals surface area contributed by atoms with Crippen LogP contribution in [0, 0.1) is 58.2 Å². The van der Waals surface area contributed by atoms with E-state index in [2.05, 4.69) is 99.2 Å². The van der Waals surface area contributed by atoms with Gasteiger partial charge in [0, 0.05) is 75.1 Å². The van der Waals surface area contributed by atoms with E-state index in [4.69, 9.17) is 9.47 Å². The molecule has 3 saturated heterocycles. The van der Waals surface area contributed by atoms with Crippen molar-refractivity contribution in [1.82, 2.24) is 73.2 Å². The van der Waals surface area contributed by atoms with Crippen LogP contribution in [0.25, 0.3) is 10.8 Å². The number of phenolic OH excluding ortho intramolecular Hbond substituents is 1. The minimum atomic E-state index is -1.75. The predicted octanol–water partition coefficient (Wildman–Crippen LogP) is 10.1. The number of amides is 12. The zero-order chi connectivity index (χ0) is 99.0. The number of benzene rings is 3. The summed E-state index contributed by atoms with van der Waals surface area (Å²) in [5.41, 5.74) is 3.01. The van der Waals surface area contributed by atoms with E-state index in [0.29, 0.717) is 102 Å². The Morgan fingerprint density at radius 3 is 2.10 bits per heavy atom. The van der Waals surface area contributed by atoms with Crippen molar-refractivity contribution < 1.29 is 82.0 Å². The third kappa shape index (κ3) is 26.5. The summed E-state index contributed by atoms with van der Waals surface area (Å²) < 4.78 is 11.6. The first-order chi connectivity index (χ1) is 65.8.